The van der Waals surface area contributed by atoms with Gasteiger partial charge in [-0.2, -0.15) is 0 Å². The highest BCUT2D eigenvalue weighted by atomic mass is 16.1. The molecule has 15 heavy (non-hydrogen) atoms. The smallest absolute Gasteiger partial charge is 0.224 e. The summed E-state index contributed by atoms with van der Waals surface area (Å²) in [4.78, 5) is 11.8. The summed E-state index contributed by atoms with van der Waals surface area (Å²) in [6.07, 6.45) is 7.79. The molecule has 3 heteroatoms. The maximum atomic E-state index is 11.8. The van der Waals surface area contributed by atoms with Gasteiger partial charge in [0.2, 0.25) is 5.91 Å². The number of rotatable bonds is 5. The molecule has 1 aliphatic carbocycles. The molecular formula is C12H24N2O. The summed E-state index contributed by atoms with van der Waals surface area (Å²) < 4.78 is 0. The molecular weight excluding hydrogens is 188 g/mol. The second-order valence-corrected chi connectivity index (χ2v) is 4.55. The zero-order chi connectivity index (χ0) is 11.1. The largest absolute Gasteiger partial charge is 0.356 e. The Balaban J connectivity index is 2.20. The van der Waals surface area contributed by atoms with Crippen molar-refractivity contribution < 1.29 is 4.79 Å². The van der Waals surface area contributed by atoms with Gasteiger partial charge in [-0.15, -0.1) is 0 Å². The zero-order valence-electron chi connectivity index (χ0n) is 9.80. The van der Waals surface area contributed by atoms with Crippen molar-refractivity contribution in [1.82, 2.24) is 5.32 Å². The van der Waals surface area contributed by atoms with E-state index < -0.39 is 0 Å². The lowest BCUT2D eigenvalue weighted by molar-refractivity contribution is -0.126. The van der Waals surface area contributed by atoms with E-state index in [1.165, 1.54) is 19.3 Å². The minimum absolute atomic E-state index is 0.0698. The Bertz CT molecular complexity index is 194. The molecule has 1 saturated carbocycles. The molecule has 0 aromatic heterocycles. The highest BCUT2D eigenvalue weighted by Crippen LogP contribution is 2.22. The molecule has 0 spiro atoms. The molecule has 1 fully saturated rings. The van der Waals surface area contributed by atoms with Gasteiger partial charge in [0.05, 0.1) is 5.92 Å². The van der Waals surface area contributed by atoms with Crippen molar-refractivity contribution in [3.63, 3.8) is 0 Å². The second-order valence-electron chi connectivity index (χ2n) is 4.55. The monoisotopic (exact) mass is 212 g/mol. The summed E-state index contributed by atoms with van der Waals surface area (Å²) >= 11 is 0. The van der Waals surface area contributed by atoms with E-state index in [2.05, 4.69) is 12.2 Å². The highest BCUT2D eigenvalue weighted by Gasteiger charge is 2.27. The predicted molar refractivity (Wildman–Crippen MR) is 62.5 cm³/mol. The minimum Gasteiger partial charge on any atom is -0.356 e. The van der Waals surface area contributed by atoms with Gasteiger partial charge in [0, 0.05) is 12.6 Å². The van der Waals surface area contributed by atoms with Crippen LogP contribution in [0.15, 0.2) is 0 Å². The first-order valence-electron chi connectivity index (χ1n) is 6.29. The van der Waals surface area contributed by atoms with Gasteiger partial charge in [0.1, 0.15) is 0 Å². The number of carbonyl (C=O) groups is 1. The predicted octanol–water partition coefficient (Wildman–Crippen LogP) is 1.81. The van der Waals surface area contributed by atoms with E-state index in [4.69, 9.17) is 5.73 Å². The summed E-state index contributed by atoms with van der Waals surface area (Å²) in [7, 11) is 0. The average Bonchev–Trinajstić information content (AvgIpc) is 2.25. The number of carbonyl (C=O) groups excluding carboxylic acids is 1. The van der Waals surface area contributed by atoms with Crippen molar-refractivity contribution >= 4 is 5.91 Å². The van der Waals surface area contributed by atoms with Gasteiger partial charge >= 0.3 is 0 Å². The van der Waals surface area contributed by atoms with Crippen molar-refractivity contribution in [3.8, 4) is 0 Å². The molecule has 2 unspecified atom stereocenters. The molecule has 0 radical (unpaired) electrons. The summed E-state index contributed by atoms with van der Waals surface area (Å²) in [5.41, 5.74) is 5.95. The Hall–Kier alpha value is -0.570. The third kappa shape index (κ3) is 4.20. The first-order valence-corrected chi connectivity index (χ1v) is 6.29. The van der Waals surface area contributed by atoms with E-state index in [-0.39, 0.29) is 17.9 Å². The molecule has 3 nitrogen and oxygen atoms in total. The van der Waals surface area contributed by atoms with Crippen LogP contribution in [0.25, 0.3) is 0 Å². The van der Waals surface area contributed by atoms with Crippen LogP contribution in [0.4, 0.5) is 0 Å². The topological polar surface area (TPSA) is 55.1 Å². The quantitative estimate of drug-likeness (QED) is 0.683. The molecule has 3 N–H and O–H groups in total. The third-order valence-corrected chi connectivity index (χ3v) is 3.24. The van der Waals surface area contributed by atoms with Crippen LogP contribution in [0.5, 0.6) is 0 Å². The summed E-state index contributed by atoms with van der Waals surface area (Å²) in [6, 6.07) is 0.0879. The standard InChI is InChI=1S/C12H24N2O/c1-2-3-6-9-14-12(15)10-7-4-5-8-11(10)13/h10-11H,2-9,13H2,1H3,(H,14,15). The third-order valence-electron chi connectivity index (χ3n) is 3.24. The summed E-state index contributed by atoms with van der Waals surface area (Å²) in [5.74, 6) is 0.249. The van der Waals surface area contributed by atoms with E-state index in [0.717, 1.165) is 32.2 Å². The van der Waals surface area contributed by atoms with Gasteiger partial charge in [-0.3, -0.25) is 4.79 Å². The lowest BCUT2D eigenvalue weighted by Crippen LogP contribution is -2.43. The number of unbranched alkanes of at least 4 members (excludes halogenated alkanes) is 2. The number of nitrogens with two attached hydrogens (primary N) is 1. The minimum atomic E-state index is 0.0698. The maximum absolute atomic E-state index is 11.8. The fraction of sp³-hybridized carbons (Fsp3) is 0.917. The zero-order valence-corrected chi connectivity index (χ0v) is 9.80. The van der Waals surface area contributed by atoms with Crippen LogP contribution in [-0.2, 0) is 4.79 Å². The van der Waals surface area contributed by atoms with Gasteiger partial charge in [0.15, 0.2) is 0 Å². The van der Waals surface area contributed by atoms with E-state index >= 15 is 0 Å². The number of hydrogen-bond acceptors (Lipinski definition) is 2. The SMILES string of the molecule is CCCCCNC(=O)C1CCCCC1N. The lowest BCUT2D eigenvalue weighted by Gasteiger charge is -2.27. The Labute approximate surface area is 92.8 Å². The molecule has 1 aliphatic rings. The van der Waals surface area contributed by atoms with Crippen LogP contribution >= 0.6 is 0 Å². The molecule has 0 aromatic rings. The van der Waals surface area contributed by atoms with Crippen molar-refractivity contribution in [2.24, 2.45) is 11.7 Å². The average molecular weight is 212 g/mol. The maximum Gasteiger partial charge on any atom is 0.224 e. The van der Waals surface area contributed by atoms with Gasteiger partial charge in [-0.1, -0.05) is 32.6 Å². The van der Waals surface area contributed by atoms with Crippen molar-refractivity contribution in [1.29, 1.82) is 0 Å². The van der Waals surface area contributed by atoms with Gasteiger partial charge < -0.3 is 11.1 Å². The van der Waals surface area contributed by atoms with Gasteiger partial charge in [0.25, 0.3) is 0 Å². The van der Waals surface area contributed by atoms with E-state index in [1.54, 1.807) is 0 Å². The molecule has 0 heterocycles. The summed E-state index contributed by atoms with van der Waals surface area (Å²) in [5, 5.41) is 3.00. The molecule has 1 rings (SSSR count). The summed E-state index contributed by atoms with van der Waals surface area (Å²) in [6.45, 7) is 2.98. The van der Waals surface area contributed by atoms with Crippen LogP contribution in [0.2, 0.25) is 0 Å². The van der Waals surface area contributed by atoms with Crippen LogP contribution in [0.3, 0.4) is 0 Å². The first kappa shape index (κ1) is 12.5. The van der Waals surface area contributed by atoms with E-state index in [1.807, 2.05) is 0 Å². The molecule has 0 bridgehead atoms. The second kappa shape index (κ2) is 6.83. The van der Waals surface area contributed by atoms with Gasteiger partial charge in [-0.05, 0) is 19.3 Å². The highest BCUT2D eigenvalue weighted by molar-refractivity contribution is 5.79. The Morgan fingerprint density at radius 3 is 2.73 bits per heavy atom. The normalized spacial score (nSPS) is 26.3. The molecule has 0 aliphatic heterocycles. The van der Waals surface area contributed by atoms with Crippen LogP contribution < -0.4 is 11.1 Å². The molecule has 1 amide bonds. The molecule has 2 atom stereocenters. The fourth-order valence-corrected chi connectivity index (χ4v) is 2.20. The first-order chi connectivity index (χ1) is 7.25. The van der Waals surface area contributed by atoms with Crippen LogP contribution in [-0.4, -0.2) is 18.5 Å². The van der Waals surface area contributed by atoms with Crippen molar-refractivity contribution in [2.45, 2.75) is 57.9 Å². The Morgan fingerprint density at radius 2 is 2.07 bits per heavy atom. The van der Waals surface area contributed by atoms with Gasteiger partial charge in [-0.25, -0.2) is 0 Å². The molecule has 0 saturated heterocycles. The van der Waals surface area contributed by atoms with E-state index in [9.17, 15) is 4.79 Å². The Kier molecular flexibility index (Phi) is 5.69. The van der Waals surface area contributed by atoms with Crippen LogP contribution in [0.1, 0.15) is 51.9 Å². The fourth-order valence-electron chi connectivity index (χ4n) is 2.20. The van der Waals surface area contributed by atoms with E-state index in [0.29, 0.717) is 0 Å². The Morgan fingerprint density at radius 1 is 1.33 bits per heavy atom. The number of hydrogen-bond donors (Lipinski definition) is 2. The van der Waals surface area contributed by atoms with Crippen LogP contribution in [0, 0.1) is 5.92 Å². The van der Waals surface area contributed by atoms with Crippen molar-refractivity contribution in [3.05, 3.63) is 0 Å². The number of amides is 1. The molecule has 88 valence electrons. The lowest BCUT2D eigenvalue weighted by atomic mass is 9.84. The van der Waals surface area contributed by atoms with Crippen molar-refractivity contribution in [2.75, 3.05) is 6.54 Å². The number of nitrogens with one attached hydrogen (secondary N) is 1. The molecule has 0 aromatic carbocycles.